The Balaban J connectivity index is 0.000000339. The standard InChI is InChI=1S/C27H24FN3O3S.C8H9F2N.C2H6/c1-15(2)12-21-25-26(23-11-9-19(13-32)31(23)35-27(25)33)24(22-14-34-16(3)29-22)20(30-21)10-6-17-4-7-18(28)8-5-17;1-11-5-6-2-3-7(9)8(10)4-6;1-2/h4-5,7-9,11,13-15H,6,10,12H2,1-3H3;2-4,11H,5H2,1H3;1-2H3. The third-order valence-electron chi connectivity index (χ3n) is 7.37. The number of halogens is 3. The first-order valence-electron chi connectivity index (χ1n) is 15.8. The number of oxazole rings is 1. The maximum Gasteiger partial charge on any atom is 0.258 e. The molecule has 4 aromatic heterocycles. The zero-order valence-corrected chi connectivity index (χ0v) is 28.7. The van der Waals surface area contributed by atoms with E-state index in [1.807, 2.05) is 19.9 Å². The van der Waals surface area contributed by atoms with Crippen LogP contribution in [0.3, 0.4) is 0 Å². The van der Waals surface area contributed by atoms with Gasteiger partial charge in [-0.3, -0.25) is 18.4 Å². The summed E-state index contributed by atoms with van der Waals surface area (Å²) in [5.74, 6) is -1.08. The van der Waals surface area contributed by atoms with Gasteiger partial charge in [0.2, 0.25) is 0 Å². The Bertz CT molecular complexity index is 2070. The van der Waals surface area contributed by atoms with Crippen molar-refractivity contribution in [3.63, 3.8) is 0 Å². The second kappa shape index (κ2) is 16.5. The molecular weight excluding hydrogens is 637 g/mol. The molecule has 0 aliphatic carbocycles. The van der Waals surface area contributed by atoms with Crippen molar-refractivity contribution in [3.05, 3.63) is 122 Å². The number of nitrogens with one attached hydrogen (secondary N) is 1. The molecular formula is C37H39F3N4O3S. The van der Waals surface area contributed by atoms with Gasteiger partial charge in [-0.05, 0) is 91.3 Å². The lowest BCUT2D eigenvalue weighted by molar-refractivity contribution is 0.111. The number of carbonyl (C=O) groups excluding carboxylic acids is 1. The van der Waals surface area contributed by atoms with Crippen molar-refractivity contribution in [1.29, 1.82) is 0 Å². The average molecular weight is 677 g/mol. The SMILES string of the molecule is CC.CNCc1ccc(F)c(F)c1.Cc1nc(-c2c(CCc3ccc(F)cc3)nc(CC(C)C)c3c(=O)sn4c(C=O)ccc4c23)co1. The molecule has 0 amide bonds. The predicted molar refractivity (Wildman–Crippen MR) is 185 cm³/mol. The second-order valence-corrected chi connectivity index (χ2v) is 12.2. The largest absolute Gasteiger partial charge is 0.449 e. The van der Waals surface area contributed by atoms with Crippen LogP contribution in [0.2, 0.25) is 0 Å². The minimum absolute atomic E-state index is 0.151. The molecule has 0 aliphatic rings. The zero-order valence-electron chi connectivity index (χ0n) is 27.9. The van der Waals surface area contributed by atoms with Crippen molar-refractivity contribution in [1.82, 2.24) is 19.1 Å². The summed E-state index contributed by atoms with van der Waals surface area (Å²) in [5.41, 5.74) is 5.76. The van der Waals surface area contributed by atoms with E-state index in [4.69, 9.17) is 9.40 Å². The van der Waals surface area contributed by atoms with Gasteiger partial charge in [0.25, 0.3) is 4.74 Å². The monoisotopic (exact) mass is 676 g/mol. The number of carbonyl (C=O) groups is 1. The van der Waals surface area contributed by atoms with Crippen LogP contribution >= 0.6 is 11.5 Å². The molecule has 0 saturated carbocycles. The van der Waals surface area contributed by atoms with Crippen molar-refractivity contribution >= 4 is 34.1 Å². The van der Waals surface area contributed by atoms with Gasteiger partial charge in [0.15, 0.2) is 23.8 Å². The van der Waals surface area contributed by atoms with Crippen molar-refractivity contribution in [3.8, 4) is 11.3 Å². The first-order valence-corrected chi connectivity index (χ1v) is 16.6. The van der Waals surface area contributed by atoms with Crippen molar-refractivity contribution < 1.29 is 22.4 Å². The van der Waals surface area contributed by atoms with Crippen LogP contribution in [0.4, 0.5) is 13.2 Å². The third kappa shape index (κ3) is 8.26. The van der Waals surface area contributed by atoms with Crippen molar-refractivity contribution in [2.75, 3.05) is 7.05 Å². The Morgan fingerprint density at radius 1 is 0.917 bits per heavy atom. The van der Waals surface area contributed by atoms with E-state index >= 15 is 0 Å². The number of fused-ring (bicyclic) bond motifs is 3. The maximum atomic E-state index is 13.4. The highest BCUT2D eigenvalue weighted by Gasteiger charge is 2.24. The second-order valence-electron chi connectivity index (χ2n) is 11.3. The van der Waals surface area contributed by atoms with Gasteiger partial charge in [-0.25, -0.2) is 18.2 Å². The van der Waals surface area contributed by atoms with Gasteiger partial charge in [0, 0.05) is 24.4 Å². The number of pyridine rings is 1. The molecule has 0 atom stereocenters. The van der Waals surface area contributed by atoms with E-state index in [-0.39, 0.29) is 16.5 Å². The molecule has 0 fully saturated rings. The summed E-state index contributed by atoms with van der Waals surface area (Å²) in [6.07, 6.45) is 4.17. The molecule has 0 spiro atoms. The van der Waals surface area contributed by atoms with E-state index in [9.17, 15) is 22.8 Å². The normalized spacial score (nSPS) is 11.0. The number of aryl methyl sites for hydroxylation is 3. The Morgan fingerprint density at radius 2 is 1.62 bits per heavy atom. The summed E-state index contributed by atoms with van der Waals surface area (Å²) in [5, 5.41) is 4.14. The number of hydrogen-bond donors (Lipinski definition) is 1. The number of nitrogens with zero attached hydrogens (tertiary/aromatic N) is 3. The van der Waals surface area contributed by atoms with Gasteiger partial charge in [0.1, 0.15) is 17.8 Å². The van der Waals surface area contributed by atoms with E-state index in [0.717, 1.165) is 62.9 Å². The molecule has 0 bridgehead atoms. The fraction of sp³-hybridized carbons (Fsp3) is 0.297. The lowest BCUT2D eigenvalue weighted by Crippen LogP contribution is -2.12. The zero-order chi connectivity index (χ0) is 35.0. The fourth-order valence-corrected chi connectivity index (χ4v) is 6.28. The summed E-state index contributed by atoms with van der Waals surface area (Å²) >= 11 is 1.01. The highest BCUT2D eigenvalue weighted by Crippen LogP contribution is 2.36. The minimum atomic E-state index is -0.801. The summed E-state index contributed by atoms with van der Waals surface area (Å²) < 4.78 is 45.3. The Labute approximate surface area is 281 Å². The molecule has 7 nitrogen and oxygen atoms in total. The van der Waals surface area contributed by atoms with E-state index in [0.29, 0.717) is 48.5 Å². The molecule has 48 heavy (non-hydrogen) atoms. The number of benzene rings is 2. The predicted octanol–water partition coefficient (Wildman–Crippen LogP) is 8.52. The number of aromatic nitrogens is 3. The third-order valence-corrected chi connectivity index (χ3v) is 8.33. The summed E-state index contributed by atoms with van der Waals surface area (Å²) in [6.45, 7) is 10.5. The van der Waals surface area contributed by atoms with E-state index < -0.39 is 11.6 Å². The van der Waals surface area contributed by atoms with Gasteiger partial charge in [-0.1, -0.05) is 45.9 Å². The lowest BCUT2D eigenvalue weighted by atomic mass is 9.95. The summed E-state index contributed by atoms with van der Waals surface area (Å²) in [4.78, 5) is 34.7. The van der Waals surface area contributed by atoms with Crippen LogP contribution < -0.4 is 10.1 Å². The maximum absolute atomic E-state index is 13.4. The molecule has 6 aromatic rings. The molecule has 0 unspecified atom stereocenters. The van der Waals surface area contributed by atoms with Crippen molar-refractivity contribution in [2.24, 2.45) is 5.92 Å². The Kier molecular flexibility index (Phi) is 12.4. The first-order chi connectivity index (χ1) is 23.1. The Hall–Kier alpha value is -4.61. The van der Waals surface area contributed by atoms with Gasteiger partial charge in [0.05, 0.1) is 28.0 Å². The minimum Gasteiger partial charge on any atom is -0.449 e. The summed E-state index contributed by atoms with van der Waals surface area (Å²) in [6, 6.07) is 13.9. The quantitative estimate of drug-likeness (QED) is 0.155. The first kappa shape index (κ1) is 36.2. The highest BCUT2D eigenvalue weighted by atomic mass is 32.1. The number of rotatable bonds is 9. The van der Waals surface area contributed by atoms with E-state index in [1.165, 1.54) is 18.2 Å². The average Bonchev–Trinajstić information content (AvgIpc) is 3.69. The lowest BCUT2D eigenvalue weighted by Gasteiger charge is -2.16. The van der Waals surface area contributed by atoms with Gasteiger partial charge in [-0.2, -0.15) is 0 Å². The van der Waals surface area contributed by atoms with Crippen LogP contribution in [0.15, 0.2) is 70.1 Å². The van der Waals surface area contributed by atoms with Crippen molar-refractivity contribution in [2.45, 2.75) is 60.4 Å². The molecule has 1 N–H and O–H groups in total. The van der Waals surface area contributed by atoms with Crippen LogP contribution in [0.5, 0.6) is 0 Å². The number of hydrogen-bond acceptors (Lipinski definition) is 7. The van der Waals surface area contributed by atoms with E-state index in [1.54, 1.807) is 48.3 Å². The van der Waals surface area contributed by atoms with Crippen LogP contribution in [0, 0.1) is 30.3 Å². The molecule has 6 rings (SSSR count). The smallest absolute Gasteiger partial charge is 0.258 e. The van der Waals surface area contributed by atoms with Crippen LogP contribution in [-0.4, -0.2) is 27.1 Å². The molecule has 0 saturated heterocycles. The molecule has 0 aliphatic heterocycles. The van der Waals surface area contributed by atoms with Crippen LogP contribution in [0.25, 0.3) is 27.5 Å². The van der Waals surface area contributed by atoms with Crippen LogP contribution in [0.1, 0.15) is 66.6 Å². The van der Waals surface area contributed by atoms with Gasteiger partial charge >= 0.3 is 0 Å². The molecule has 4 heterocycles. The number of aldehydes is 1. The highest BCUT2D eigenvalue weighted by molar-refractivity contribution is 7.04. The molecule has 11 heteroatoms. The van der Waals surface area contributed by atoms with Gasteiger partial charge in [-0.15, -0.1) is 0 Å². The van der Waals surface area contributed by atoms with Gasteiger partial charge < -0.3 is 9.73 Å². The summed E-state index contributed by atoms with van der Waals surface area (Å²) in [7, 11) is 1.75. The molecule has 0 radical (unpaired) electrons. The fourth-order valence-electron chi connectivity index (χ4n) is 5.34. The molecule has 2 aromatic carbocycles. The van der Waals surface area contributed by atoms with E-state index in [2.05, 4.69) is 24.1 Å². The Morgan fingerprint density at radius 3 is 2.23 bits per heavy atom. The molecule has 252 valence electrons. The van der Waals surface area contributed by atoms with Crippen LogP contribution in [-0.2, 0) is 25.8 Å². The topological polar surface area (TPSA) is 89.5 Å².